The van der Waals surface area contributed by atoms with Gasteiger partial charge in [-0.15, -0.1) is 0 Å². The lowest BCUT2D eigenvalue weighted by molar-refractivity contribution is 0.0907. The van der Waals surface area contributed by atoms with Crippen LogP contribution in [0.4, 0.5) is 5.69 Å². The summed E-state index contributed by atoms with van der Waals surface area (Å²) >= 11 is 0. The molecule has 1 aliphatic carbocycles. The van der Waals surface area contributed by atoms with Crippen molar-refractivity contribution in [3.8, 4) is 0 Å². The first kappa shape index (κ1) is 14.8. The van der Waals surface area contributed by atoms with Gasteiger partial charge in [-0.1, -0.05) is 0 Å². The highest BCUT2D eigenvalue weighted by atomic mass is 16.5. The molecule has 0 radical (unpaired) electrons. The van der Waals surface area contributed by atoms with Crippen LogP contribution in [-0.2, 0) is 4.74 Å². The summed E-state index contributed by atoms with van der Waals surface area (Å²) in [7, 11) is 0. The molecule has 1 aliphatic rings. The summed E-state index contributed by atoms with van der Waals surface area (Å²) in [5.74, 6) is 0.649. The SMILES string of the molecule is CCNc1cc(C)ncc1C(=O)NCCOCC1CC1. The Kier molecular flexibility index (Phi) is 5.35. The van der Waals surface area contributed by atoms with E-state index in [0.29, 0.717) is 18.7 Å². The van der Waals surface area contributed by atoms with E-state index in [1.807, 2.05) is 19.9 Å². The maximum Gasteiger partial charge on any atom is 0.255 e. The van der Waals surface area contributed by atoms with E-state index in [1.165, 1.54) is 12.8 Å². The number of pyridine rings is 1. The highest BCUT2D eigenvalue weighted by molar-refractivity contribution is 5.99. The number of nitrogens with one attached hydrogen (secondary N) is 2. The zero-order valence-corrected chi connectivity index (χ0v) is 12.2. The largest absolute Gasteiger partial charge is 0.385 e. The first-order valence-electron chi connectivity index (χ1n) is 7.27. The van der Waals surface area contributed by atoms with Gasteiger partial charge in [-0.05, 0) is 38.7 Å². The molecule has 1 saturated carbocycles. The summed E-state index contributed by atoms with van der Waals surface area (Å²) in [6, 6.07) is 1.89. The van der Waals surface area contributed by atoms with Gasteiger partial charge in [0, 0.05) is 31.6 Å². The highest BCUT2D eigenvalue weighted by Crippen LogP contribution is 2.28. The minimum absolute atomic E-state index is 0.108. The Morgan fingerprint density at radius 1 is 1.50 bits per heavy atom. The topological polar surface area (TPSA) is 63.2 Å². The summed E-state index contributed by atoms with van der Waals surface area (Å²) < 4.78 is 5.49. The smallest absolute Gasteiger partial charge is 0.255 e. The molecule has 20 heavy (non-hydrogen) atoms. The molecular formula is C15H23N3O2. The molecule has 1 heterocycles. The van der Waals surface area contributed by atoms with Gasteiger partial charge in [-0.3, -0.25) is 9.78 Å². The van der Waals surface area contributed by atoms with Crippen molar-refractivity contribution in [2.45, 2.75) is 26.7 Å². The molecule has 1 amide bonds. The molecule has 0 spiro atoms. The minimum Gasteiger partial charge on any atom is -0.385 e. The number of ether oxygens (including phenoxy) is 1. The molecule has 1 aromatic heterocycles. The number of hydrogen-bond donors (Lipinski definition) is 2. The molecule has 2 N–H and O–H groups in total. The Balaban J connectivity index is 1.80. The number of aryl methyl sites for hydroxylation is 1. The van der Waals surface area contributed by atoms with Crippen molar-refractivity contribution in [2.75, 3.05) is 31.6 Å². The van der Waals surface area contributed by atoms with E-state index >= 15 is 0 Å². The van der Waals surface area contributed by atoms with Crippen molar-refractivity contribution in [1.29, 1.82) is 0 Å². The van der Waals surface area contributed by atoms with Gasteiger partial charge in [0.25, 0.3) is 5.91 Å². The van der Waals surface area contributed by atoms with Crippen molar-refractivity contribution in [2.24, 2.45) is 5.92 Å². The number of amides is 1. The van der Waals surface area contributed by atoms with Gasteiger partial charge in [0.2, 0.25) is 0 Å². The van der Waals surface area contributed by atoms with Gasteiger partial charge >= 0.3 is 0 Å². The van der Waals surface area contributed by atoms with Crippen LogP contribution in [0, 0.1) is 12.8 Å². The fourth-order valence-electron chi connectivity index (χ4n) is 1.94. The van der Waals surface area contributed by atoms with Gasteiger partial charge in [0.15, 0.2) is 0 Å². The minimum atomic E-state index is -0.108. The molecule has 5 heteroatoms. The molecule has 1 fully saturated rings. The third kappa shape index (κ3) is 4.49. The standard InChI is InChI=1S/C15H23N3O2/c1-3-16-14-8-11(2)18-9-13(14)15(19)17-6-7-20-10-12-4-5-12/h8-9,12H,3-7,10H2,1-2H3,(H,16,18)(H,17,19). The molecule has 0 unspecified atom stereocenters. The van der Waals surface area contributed by atoms with E-state index in [9.17, 15) is 4.79 Å². The summed E-state index contributed by atoms with van der Waals surface area (Å²) in [5, 5.41) is 6.06. The molecule has 0 atom stereocenters. The van der Waals surface area contributed by atoms with E-state index < -0.39 is 0 Å². The Hall–Kier alpha value is -1.62. The zero-order valence-electron chi connectivity index (χ0n) is 12.2. The van der Waals surface area contributed by atoms with Crippen molar-refractivity contribution in [3.63, 3.8) is 0 Å². The van der Waals surface area contributed by atoms with Crippen LogP contribution in [0.25, 0.3) is 0 Å². The first-order chi connectivity index (χ1) is 9.70. The van der Waals surface area contributed by atoms with E-state index in [4.69, 9.17) is 4.74 Å². The Morgan fingerprint density at radius 3 is 3.00 bits per heavy atom. The van der Waals surface area contributed by atoms with E-state index in [1.54, 1.807) is 6.20 Å². The molecular weight excluding hydrogens is 254 g/mol. The lowest BCUT2D eigenvalue weighted by Gasteiger charge is -2.11. The normalized spacial score (nSPS) is 14.1. The molecule has 0 aliphatic heterocycles. The summed E-state index contributed by atoms with van der Waals surface area (Å²) in [5.41, 5.74) is 2.31. The van der Waals surface area contributed by atoms with Crippen LogP contribution in [0.2, 0.25) is 0 Å². The van der Waals surface area contributed by atoms with Crippen LogP contribution in [0.5, 0.6) is 0 Å². The lowest BCUT2D eigenvalue weighted by Crippen LogP contribution is -2.28. The fraction of sp³-hybridized carbons (Fsp3) is 0.600. The van der Waals surface area contributed by atoms with Gasteiger partial charge in [-0.2, -0.15) is 0 Å². The van der Waals surface area contributed by atoms with E-state index in [-0.39, 0.29) is 5.91 Å². The lowest BCUT2D eigenvalue weighted by atomic mass is 10.2. The van der Waals surface area contributed by atoms with Crippen molar-refractivity contribution in [1.82, 2.24) is 10.3 Å². The third-order valence-electron chi connectivity index (χ3n) is 3.23. The van der Waals surface area contributed by atoms with E-state index in [0.717, 1.165) is 30.5 Å². The molecule has 1 aromatic rings. The monoisotopic (exact) mass is 277 g/mol. The van der Waals surface area contributed by atoms with Gasteiger partial charge in [-0.25, -0.2) is 0 Å². The summed E-state index contributed by atoms with van der Waals surface area (Å²) in [6.07, 6.45) is 4.19. The number of carbonyl (C=O) groups excluding carboxylic acids is 1. The van der Waals surface area contributed by atoms with Crippen LogP contribution in [0.1, 0.15) is 35.8 Å². The maximum absolute atomic E-state index is 12.1. The molecule has 0 saturated heterocycles. The number of nitrogens with zero attached hydrogens (tertiary/aromatic N) is 1. The second-order valence-corrected chi connectivity index (χ2v) is 5.18. The zero-order chi connectivity index (χ0) is 14.4. The highest BCUT2D eigenvalue weighted by Gasteiger charge is 2.21. The number of rotatable bonds is 8. The van der Waals surface area contributed by atoms with Crippen molar-refractivity contribution in [3.05, 3.63) is 23.5 Å². The Morgan fingerprint density at radius 2 is 2.30 bits per heavy atom. The Bertz CT molecular complexity index is 458. The molecule has 2 rings (SSSR count). The second-order valence-electron chi connectivity index (χ2n) is 5.18. The number of aromatic nitrogens is 1. The van der Waals surface area contributed by atoms with Crippen LogP contribution >= 0.6 is 0 Å². The van der Waals surface area contributed by atoms with Crippen molar-refractivity contribution < 1.29 is 9.53 Å². The number of carbonyl (C=O) groups is 1. The third-order valence-corrected chi connectivity index (χ3v) is 3.23. The van der Waals surface area contributed by atoms with Crippen LogP contribution < -0.4 is 10.6 Å². The quantitative estimate of drug-likeness (QED) is 0.713. The Labute approximate surface area is 120 Å². The van der Waals surface area contributed by atoms with Gasteiger partial charge in [0.05, 0.1) is 17.9 Å². The van der Waals surface area contributed by atoms with Crippen molar-refractivity contribution >= 4 is 11.6 Å². The number of hydrogen-bond acceptors (Lipinski definition) is 4. The van der Waals surface area contributed by atoms with E-state index in [2.05, 4.69) is 15.6 Å². The van der Waals surface area contributed by atoms with Gasteiger partial charge < -0.3 is 15.4 Å². The molecule has 5 nitrogen and oxygen atoms in total. The van der Waals surface area contributed by atoms with Gasteiger partial charge in [0.1, 0.15) is 0 Å². The average molecular weight is 277 g/mol. The summed E-state index contributed by atoms with van der Waals surface area (Å²) in [6.45, 7) is 6.61. The number of anilines is 1. The van der Waals surface area contributed by atoms with Crippen LogP contribution in [0.15, 0.2) is 12.3 Å². The van der Waals surface area contributed by atoms with Crippen LogP contribution in [-0.4, -0.2) is 37.2 Å². The summed E-state index contributed by atoms with van der Waals surface area (Å²) in [4.78, 5) is 16.3. The fourth-order valence-corrected chi connectivity index (χ4v) is 1.94. The predicted molar refractivity (Wildman–Crippen MR) is 79.0 cm³/mol. The van der Waals surface area contributed by atoms with Crippen LogP contribution in [0.3, 0.4) is 0 Å². The maximum atomic E-state index is 12.1. The second kappa shape index (κ2) is 7.24. The predicted octanol–water partition coefficient (Wildman–Crippen LogP) is 1.98. The molecule has 0 bridgehead atoms. The first-order valence-corrected chi connectivity index (χ1v) is 7.27. The average Bonchev–Trinajstić information content (AvgIpc) is 3.23. The molecule has 0 aromatic carbocycles. The molecule has 110 valence electrons.